The zero-order valence-electron chi connectivity index (χ0n) is 15.3. The molecule has 1 fully saturated rings. The number of amidine groups is 1. The summed E-state index contributed by atoms with van der Waals surface area (Å²) in [4.78, 5) is 14.9. The minimum atomic E-state index is -0.182. The minimum absolute atomic E-state index is 0.182. The summed E-state index contributed by atoms with van der Waals surface area (Å²) in [6.45, 7) is 1.94. The SMILES string of the molecule is Cc1ccccc1N1C(=N)S/C(=C\c2cccc(Oc3ccccc3)c2)C1=O. The minimum Gasteiger partial charge on any atom is -0.457 e. The van der Waals surface area contributed by atoms with Gasteiger partial charge in [0.15, 0.2) is 5.17 Å². The predicted octanol–water partition coefficient (Wildman–Crippen LogP) is 5.84. The molecular weight excluding hydrogens is 368 g/mol. The average Bonchev–Trinajstić information content (AvgIpc) is 2.97. The van der Waals surface area contributed by atoms with Gasteiger partial charge in [0.25, 0.3) is 5.91 Å². The molecule has 0 unspecified atom stereocenters. The van der Waals surface area contributed by atoms with E-state index in [2.05, 4.69) is 0 Å². The molecule has 5 heteroatoms. The summed E-state index contributed by atoms with van der Waals surface area (Å²) >= 11 is 1.17. The summed E-state index contributed by atoms with van der Waals surface area (Å²) in [5, 5.41) is 8.47. The maximum Gasteiger partial charge on any atom is 0.271 e. The summed E-state index contributed by atoms with van der Waals surface area (Å²) in [5.41, 5.74) is 2.55. The van der Waals surface area contributed by atoms with Crippen molar-refractivity contribution >= 4 is 34.6 Å². The Balaban J connectivity index is 1.60. The van der Waals surface area contributed by atoms with Gasteiger partial charge < -0.3 is 4.74 Å². The third-order valence-corrected chi connectivity index (χ3v) is 5.20. The van der Waals surface area contributed by atoms with Crippen LogP contribution in [0.15, 0.2) is 83.8 Å². The van der Waals surface area contributed by atoms with E-state index in [9.17, 15) is 4.79 Å². The van der Waals surface area contributed by atoms with Crippen LogP contribution in [0.1, 0.15) is 11.1 Å². The van der Waals surface area contributed by atoms with E-state index in [0.717, 1.165) is 22.6 Å². The van der Waals surface area contributed by atoms with Gasteiger partial charge in [0.05, 0.1) is 10.6 Å². The molecule has 3 aromatic carbocycles. The van der Waals surface area contributed by atoms with Crippen molar-refractivity contribution in [3.63, 3.8) is 0 Å². The number of rotatable bonds is 4. The van der Waals surface area contributed by atoms with Gasteiger partial charge in [0, 0.05) is 0 Å². The standard InChI is InChI=1S/C23H18N2O2S/c1-16-8-5-6-13-20(16)25-22(26)21(28-23(25)24)15-17-9-7-12-19(14-17)27-18-10-3-2-4-11-18/h2-15,24H,1H3/b21-15-,24-23?. The number of aryl methyl sites for hydroxylation is 1. The highest BCUT2D eigenvalue weighted by Gasteiger charge is 2.34. The Morgan fingerprint density at radius 2 is 1.64 bits per heavy atom. The second-order valence-corrected chi connectivity index (χ2v) is 7.36. The van der Waals surface area contributed by atoms with Crippen LogP contribution in [-0.4, -0.2) is 11.1 Å². The molecule has 1 amide bonds. The molecule has 0 aliphatic carbocycles. The number of hydrogen-bond donors (Lipinski definition) is 1. The van der Waals surface area contributed by atoms with Crippen molar-refractivity contribution in [1.29, 1.82) is 5.41 Å². The van der Waals surface area contributed by atoms with Gasteiger partial charge in [0.1, 0.15) is 11.5 Å². The van der Waals surface area contributed by atoms with Gasteiger partial charge in [0.2, 0.25) is 0 Å². The largest absolute Gasteiger partial charge is 0.457 e. The van der Waals surface area contributed by atoms with E-state index >= 15 is 0 Å². The van der Waals surface area contributed by atoms with Gasteiger partial charge in [-0.25, -0.2) is 0 Å². The van der Waals surface area contributed by atoms with E-state index in [4.69, 9.17) is 10.1 Å². The fourth-order valence-electron chi connectivity index (χ4n) is 2.96. The van der Waals surface area contributed by atoms with Crippen LogP contribution in [0, 0.1) is 12.3 Å². The number of carbonyl (C=O) groups excluding carboxylic acids is 1. The number of ether oxygens (including phenoxy) is 1. The third-order valence-electron chi connectivity index (χ3n) is 4.31. The summed E-state index contributed by atoms with van der Waals surface area (Å²) in [6, 6.07) is 24.7. The normalized spacial score (nSPS) is 15.3. The molecule has 0 radical (unpaired) electrons. The first-order valence-corrected chi connectivity index (χ1v) is 9.64. The highest BCUT2D eigenvalue weighted by atomic mass is 32.2. The van der Waals surface area contributed by atoms with Crippen molar-refractivity contribution in [2.45, 2.75) is 6.92 Å². The first-order chi connectivity index (χ1) is 13.6. The van der Waals surface area contributed by atoms with Gasteiger partial charge in [-0.15, -0.1) is 0 Å². The Hall–Kier alpha value is -3.31. The molecule has 0 spiro atoms. The van der Waals surface area contributed by atoms with Gasteiger partial charge >= 0.3 is 0 Å². The lowest BCUT2D eigenvalue weighted by atomic mass is 10.1. The Bertz CT molecular complexity index is 1080. The van der Waals surface area contributed by atoms with Crippen LogP contribution >= 0.6 is 11.8 Å². The molecule has 3 aromatic rings. The fourth-order valence-corrected chi connectivity index (χ4v) is 3.82. The van der Waals surface area contributed by atoms with Crippen molar-refractivity contribution in [2.24, 2.45) is 0 Å². The lowest BCUT2D eigenvalue weighted by Crippen LogP contribution is -2.28. The van der Waals surface area contributed by atoms with Crippen LogP contribution in [0.4, 0.5) is 5.69 Å². The van der Waals surface area contributed by atoms with Gasteiger partial charge in [-0.3, -0.25) is 15.1 Å². The van der Waals surface area contributed by atoms with Crippen LogP contribution in [0.25, 0.3) is 6.08 Å². The number of thioether (sulfide) groups is 1. The number of nitrogens with one attached hydrogen (secondary N) is 1. The predicted molar refractivity (Wildman–Crippen MR) is 115 cm³/mol. The van der Waals surface area contributed by atoms with Crippen LogP contribution in [0.3, 0.4) is 0 Å². The molecule has 0 atom stereocenters. The smallest absolute Gasteiger partial charge is 0.271 e. The van der Waals surface area contributed by atoms with Crippen molar-refractivity contribution in [3.05, 3.63) is 94.9 Å². The monoisotopic (exact) mass is 386 g/mol. The molecule has 4 nitrogen and oxygen atoms in total. The highest BCUT2D eigenvalue weighted by molar-refractivity contribution is 8.19. The summed E-state index contributed by atoms with van der Waals surface area (Å²) in [5.74, 6) is 1.27. The van der Waals surface area contributed by atoms with Crippen molar-refractivity contribution in [2.75, 3.05) is 4.90 Å². The number of anilines is 1. The first kappa shape index (κ1) is 18.1. The van der Waals surface area contributed by atoms with E-state index in [1.165, 1.54) is 16.7 Å². The molecule has 0 aromatic heterocycles. The molecule has 0 saturated carbocycles. The van der Waals surface area contributed by atoms with Crippen molar-refractivity contribution in [3.8, 4) is 11.5 Å². The highest BCUT2D eigenvalue weighted by Crippen LogP contribution is 2.36. The van der Waals surface area contributed by atoms with Gasteiger partial charge in [-0.1, -0.05) is 48.5 Å². The van der Waals surface area contributed by atoms with Crippen LogP contribution in [0.5, 0.6) is 11.5 Å². The maximum absolute atomic E-state index is 12.9. The van der Waals surface area contributed by atoms with Gasteiger partial charge in [-0.2, -0.15) is 0 Å². The summed E-state index contributed by atoms with van der Waals surface area (Å²) in [6.07, 6.45) is 1.80. The molecule has 28 heavy (non-hydrogen) atoms. The van der Waals surface area contributed by atoms with Gasteiger partial charge in [-0.05, 0) is 66.2 Å². The number of amides is 1. The van der Waals surface area contributed by atoms with E-state index in [1.807, 2.05) is 85.8 Å². The number of hydrogen-bond acceptors (Lipinski definition) is 4. The lowest BCUT2D eigenvalue weighted by Gasteiger charge is -2.16. The molecule has 138 valence electrons. The quantitative estimate of drug-likeness (QED) is 0.573. The molecule has 1 aliphatic rings. The Morgan fingerprint density at radius 3 is 2.43 bits per heavy atom. The molecule has 1 N–H and O–H groups in total. The summed E-state index contributed by atoms with van der Waals surface area (Å²) < 4.78 is 5.86. The number of carbonyl (C=O) groups is 1. The Labute approximate surface area is 168 Å². The molecular formula is C23H18N2O2S. The number of nitrogens with zero attached hydrogens (tertiary/aromatic N) is 1. The Kier molecular flexibility index (Phi) is 5.00. The van der Waals surface area contributed by atoms with E-state index < -0.39 is 0 Å². The first-order valence-electron chi connectivity index (χ1n) is 8.83. The molecule has 0 bridgehead atoms. The fraction of sp³-hybridized carbons (Fsp3) is 0.0435. The van der Waals surface area contributed by atoms with Crippen molar-refractivity contribution in [1.82, 2.24) is 0 Å². The van der Waals surface area contributed by atoms with Crippen LogP contribution in [0.2, 0.25) is 0 Å². The van der Waals surface area contributed by atoms with E-state index in [1.54, 1.807) is 6.08 Å². The lowest BCUT2D eigenvalue weighted by molar-refractivity contribution is -0.113. The molecule has 4 rings (SSSR count). The van der Waals surface area contributed by atoms with Crippen LogP contribution in [-0.2, 0) is 4.79 Å². The van der Waals surface area contributed by atoms with Crippen molar-refractivity contribution < 1.29 is 9.53 Å². The number of para-hydroxylation sites is 2. The zero-order chi connectivity index (χ0) is 19.5. The van der Waals surface area contributed by atoms with Crippen LogP contribution < -0.4 is 9.64 Å². The van der Waals surface area contributed by atoms with E-state index in [-0.39, 0.29) is 11.1 Å². The molecule has 1 heterocycles. The number of benzene rings is 3. The zero-order valence-corrected chi connectivity index (χ0v) is 16.1. The second-order valence-electron chi connectivity index (χ2n) is 6.33. The summed E-state index contributed by atoms with van der Waals surface area (Å²) in [7, 11) is 0. The molecule has 1 aliphatic heterocycles. The third kappa shape index (κ3) is 3.70. The maximum atomic E-state index is 12.9. The average molecular weight is 386 g/mol. The van der Waals surface area contributed by atoms with E-state index in [0.29, 0.717) is 10.7 Å². The second kappa shape index (κ2) is 7.74. The topological polar surface area (TPSA) is 53.4 Å². The Morgan fingerprint density at radius 1 is 0.929 bits per heavy atom. The molecule has 1 saturated heterocycles.